The predicted octanol–water partition coefficient (Wildman–Crippen LogP) is 4.36. The standard InChI is InChI=1S/C14H12Cl3N3O/c1-20(2)13-6-8(5-12(17)19-13)14(21)18-11-4-3-9(15)7-10(11)16/h3-7H,1-2H3,(H,18,21). The highest BCUT2D eigenvalue weighted by atomic mass is 35.5. The summed E-state index contributed by atoms with van der Waals surface area (Å²) in [5.74, 6) is 0.265. The summed E-state index contributed by atoms with van der Waals surface area (Å²) in [5.41, 5.74) is 0.870. The summed E-state index contributed by atoms with van der Waals surface area (Å²) in [4.78, 5) is 18.2. The van der Waals surface area contributed by atoms with Crippen LogP contribution in [0.1, 0.15) is 10.4 Å². The summed E-state index contributed by atoms with van der Waals surface area (Å²) in [7, 11) is 3.63. The van der Waals surface area contributed by atoms with Crippen molar-refractivity contribution in [1.29, 1.82) is 0 Å². The van der Waals surface area contributed by atoms with Gasteiger partial charge in [-0.1, -0.05) is 34.8 Å². The molecule has 0 saturated carbocycles. The number of carbonyl (C=O) groups excluding carboxylic acids is 1. The fourth-order valence-corrected chi connectivity index (χ4v) is 2.29. The van der Waals surface area contributed by atoms with Gasteiger partial charge in [-0.2, -0.15) is 0 Å². The third-order valence-corrected chi connectivity index (χ3v) is 3.42. The molecule has 0 atom stereocenters. The minimum Gasteiger partial charge on any atom is -0.363 e. The molecule has 7 heteroatoms. The van der Waals surface area contributed by atoms with Crippen molar-refractivity contribution in [3.05, 3.63) is 51.1 Å². The lowest BCUT2D eigenvalue weighted by Gasteiger charge is -2.13. The summed E-state index contributed by atoms with van der Waals surface area (Å²) in [6.07, 6.45) is 0. The molecule has 0 spiro atoms. The normalized spacial score (nSPS) is 10.3. The van der Waals surface area contributed by atoms with Crippen LogP contribution >= 0.6 is 34.8 Å². The third-order valence-electron chi connectivity index (χ3n) is 2.68. The third kappa shape index (κ3) is 4.00. The van der Waals surface area contributed by atoms with Crippen molar-refractivity contribution in [1.82, 2.24) is 4.98 Å². The molecule has 0 aliphatic rings. The first-order valence-electron chi connectivity index (χ1n) is 5.98. The van der Waals surface area contributed by atoms with E-state index in [9.17, 15) is 4.79 Å². The summed E-state index contributed by atoms with van der Waals surface area (Å²) in [5, 5.41) is 3.82. The molecule has 0 saturated heterocycles. The molecule has 1 aromatic carbocycles. The Kier molecular flexibility index (Phi) is 4.93. The van der Waals surface area contributed by atoms with Crippen LogP contribution in [-0.2, 0) is 0 Å². The molecule has 1 amide bonds. The van der Waals surface area contributed by atoms with Gasteiger partial charge in [0.25, 0.3) is 5.91 Å². The number of amides is 1. The first-order valence-corrected chi connectivity index (χ1v) is 7.11. The van der Waals surface area contributed by atoms with Crippen LogP contribution in [0.3, 0.4) is 0 Å². The second-order valence-corrected chi connectivity index (χ2v) is 5.74. The molecule has 0 aliphatic heterocycles. The molecule has 1 aromatic heterocycles. The van der Waals surface area contributed by atoms with Gasteiger partial charge in [0.05, 0.1) is 10.7 Å². The van der Waals surface area contributed by atoms with Gasteiger partial charge >= 0.3 is 0 Å². The van der Waals surface area contributed by atoms with Crippen LogP contribution in [-0.4, -0.2) is 25.0 Å². The average Bonchev–Trinajstić information content (AvgIpc) is 2.41. The SMILES string of the molecule is CN(C)c1cc(C(=O)Nc2ccc(Cl)cc2Cl)cc(Cl)n1. The van der Waals surface area contributed by atoms with Gasteiger partial charge in [-0.15, -0.1) is 0 Å². The molecule has 1 heterocycles. The number of nitrogens with one attached hydrogen (secondary N) is 1. The zero-order valence-electron chi connectivity index (χ0n) is 11.3. The topological polar surface area (TPSA) is 45.2 Å². The maximum absolute atomic E-state index is 12.3. The van der Waals surface area contributed by atoms with E-state index in [1.807, 2.05) is 14.1 Å². The zero-order valence-corrected chi connectivity index (χ0v) is 13.6. The second kappa shape index (κ2) is 6.52. The minimum absolute atomic E-state index is 0.244. The molecule has 4 nitrogen and oxygen atoms in total. The molecule has 2 rings (SSSR count). The van der Waals surface area contributed by atoms with E-state index in [2.05, 4.69) is 10.3 Å². The van der Waals surface area contributed by atoms with Crippen molar-refractivity contribution in [2.75, 3.05) is 24.3 Å². The maximum Gasteiger partial charge on any atom is 0.255 e. The number of benzene rings is 1. The highest BCUT2D eigenvalue weighted by molar-refractivity contribution is 6.37. The van der Waals surface area contributed by atoms with Crippen LogP contribution in [0.15, 0.2) is 30.3 Å². The number of anilines is 2. The number of carbonyl (C=O) groups is 1. The Balaban J connectivity index is 2.28. The van der Waals surface area contributed by atoms with E-state index >= 15 is 0 Å². The van der Waals surface area contributed by atoms with Crippen molar-refractivity contribution >= 4 is 52.2 Å². The molecule has 1 N–H and O–H groups in total. The van der Waals surface area contributed by atoms with Crippen LogP contribution in [0, 0.1) is 0 Å². The molecule has 21 heavy (non-hydrogen) atoms. The summed E-state index contributed by atoms with van der Waals surface area (Å²) in [6, 6.07) is 7.98. The number of rotatable bonds is 3. The van der Waals surface area contributed by atoms with Gasteiger partial charge in [0.15, 0.2) is 0 Å². The van der Waals surface area contributed by atoms with Crippen LogP contribution in [0.2, 0.25) is 15.2 Å². The van der Waals surface area contributed by atoms with Gasteiger partial charge in [-0.05, 0) is 30.3 Å². The smallest absolute Gasteiger partial charge is 0.255 e. The minimum atomic E-state index is -0.327. The summed E-state index contributed by atoms with van der Waals surface area (Å²) < 4.78 is 0. The van der Waals surface area contributed by atoms with Crippen molar-refractivity contribution in [2.24, 2.45) is 0 Å². The zero-order chi connectivity index (χ0) is 15.6. The van der Waals surface area contributed by atoms with E-state index in [1.165, 1.54) is 6.07 Å². The molecule has 0 radical (unpaired) electrons. The molecule has 0 unspecified atom stereocenters. The lowest BCUT2D eigenvalue weighted by atomic mass is 10.2. The van der Waals surface area contributed by atoms with E-state index in [0.29, 0.717) is 27.1 Å². The Morgan fingerprint density at radius 1 is 1.14 bits per heavy atom. The Hall–Kier alpha value is -1.49. The number of hydrogen-bond donors (Lipinski definition) is 1. The molecule has 0 bridgehead atoms. The van der Waals surface area contributed by atoms with Gasteiger partial charge in [-0.25, -0.2) is 4.98 Å². The van der Waals surface area contributed by atoms with Gasteiger partial charge in [0, 0.05) is 24.7 Å². The predicted molar refractivity (Wildman–Crippen MR) is 88.0 cm³/mol. The number of aromatic nitrogens is 1. The van der Waals surface area contributed by atoms with Gasteiger partial charge in [0.2, 0.25) is 0 Å². The van der Waals surface area contributed by atoms with E-state index in [0.717, 1.165) is 0 Å². The van der Waals surface area contributed by atoms with E-state index in [1.54, 1.807) is 29.2 Å². The molecule has 0 fully saturated rings. The molecule has 2 aromatic rings. The quantitative estimate of drug-likeness (QED) is 0.841. The lowest BCUT2D eigenvalue weighted by molar-refractivity contribution is 0.102. The lowest BCUT2D eigenvalue weighted by Crippen LogP contribution is -2.15. The molecular weight excluding hydrogens is 333 g/mol. The fourth-order valence-electron chi connectivity index (χ4n) is 1.63. The van der Waals surface area contributed by atoms with Crippen molar-refractivity contribution < 1.29 is 4.79 Å². The summed E-state index contributed by atoms with van der Waals surface area (Å²) >= 11 is 17.8. The number of nitrogens with zero attached hydrogens (tertiary/aromatic N) is 2. The van der Waals surface area contributed by atoms with Gasteiger partial charge < -0.3 is 10.2 Å². The van der Waals surface area contributed by atoms with Crippen molar-refractivity contribution in [3.8, 4) is 0 Å². The Bertz CT molecular complexity index is 689. The monoisotopic (exact) mass is 343 g/mol. The fraction of sp³-hybridized carbons (Fsp3) is 0.143. The average molecular weight is 345 g/mol. The molecular formula is C14H12Cl3N3O. The van der Waals surface area contributed by atoms with E-state index in [4.69, 9.17) is 34.8 Å². The first-order chi connectivity index (χ1) is 9.86. The Labute approximate surface area is 137 Å². The number of hydrogen-bond acceptors (Lipinski definition) is 3. The molecule has 0 aliphatic carbocycles. The Morgan fingerprint density at radius 3 is 2.48 bits per heavy atom. The van der Waals surface area contributed by atoms with Gasteiger partial charge in [-0.3, -0.25) is 4.79 Å². The summed E-state index contributed by atoms with van der Waals surface area (Å²) in [6.45, 7) is 0. The molecule has 110 valence electrons. The van der Waals surface area contributed by atoms with Crippen molar-refractivity contribution in [3.63, 3.8) is 0 Å². The van der Waals surface area contributed by atoms with Crippen LogP contribution in [0.5, 0.6) is 0 Å². The number of halogens is 3. The first kappa shape index (κ1) is 15.9. The van der Waals surface area contributed by atoms with E-state index < -0.39 is 0 Å². The van der Waals surface area contributed by atoms with Crippen LogP contribution < -0.4 is 10.2 Å². The largest absolute Gasteiger partial charge is 0.363 e. The second-order valence-electron chi connectivity index (χ2n) is 4.51. The Morgan fingerprint density at radius 2 is 1.86 bits per heavy atom. The number of pyridine rings is 1. The maximum atomic E-state index is 12.3. The highest BCUT2D eigenvalue weighted by Gasteiger charge is 2.12. The highest BCUT2D eigenvalue weighted by Crippen LogP contribution is 2.26. The van der Waals surface area contributed by atoms with Crippen LogP contribution in [0.4, 0.5) is 11.5 Å². The van der Waals surface area contributed by atoms with Crippen molar-refractivity contribution in [2.45, 2.75) is 0 Å². The van der Waals surface area contributed by atoms with Crippen LogP contribution in [0.25, 0.3) is 0 Å². The van der Waals surface area contributed by atoms with E-state index in [-0.39, 0.29) is 11.1 Å². The van der Waals surface area contributed by atoms with Gasteiger partial charge in [0.1, 0.15) is 11.0 Å².